The molecule has 0 unspecified atom stereocenters. The molecule has 7 heteroatoms. The molecule has 0 saturated heterocycles. The number of sulfonamides is 1. The first-order valence-corrected chi connectivity index (χ1v) is 11.1. The second-order valence-corrected chi connectivity index (χ2v) is 8.92. The Kier molecular flexibility index (Phi) is 7.45. The molecule has 28 heavy (non-hydrogen) atoms. The lowest BCUT2D eigenvalue weighted by Crippen LogP contribution is -2.31. The summed E-state index contributed by atoms with van der Waals surface area (Å²) in [7, 11) is -3.42. The van der Waals surface area contributed by atoms with E-state index in [2.05, 4.69) is 5.32 Å². The lowest BCUT2D eigenvalue weighted by Gasteiger charge is -2.22. The van der Waals surface area contributed by atoms with Crippen LogP contribution in [0.3, 0.4) is 0 Å². The van der Waals surface area contributed by atoms with Crippen molar-refractivity contribution < 1.29 is 17.9 Å². The third-order valence-electron chi connectivity index (χ3n) is 3.96. The van der Waals surface area contributed by atoms with Gasteiger partial charge in [0.05, 0.1) is 18.0 Å². The molecule has 0 heterocycles. The Labute approximate surface area is 167 Å². The fraction of sp³-hybridized carbons (Fsp3) is 0.381. The van der Waals surface area contributed by atoms with Gasteiger partial charge in [0.2, 0.25) is 15.9 Å². The van der Waals surface area contributed by atoms with Crippen LogP contribution in [-0.4, -0.2) is 33.2 Å². The quantitative estimate of drug-likeness (QED) is 0.686. The zero-order valence-corrected chi connectivity index (χ0v) is 17.6. The number of nitrogens with zero attached hydrogens (tertiary/aromatic N) is 1. The topological polar surface area (TPSA) is 75.7 Å². The van der Waals surface area contributed by atoms with Crippen LogP contribution in [0.5, 0.6) is 5.75 Å². The molecular weight excluding hydrogens is 376 g/mol. The Bertz CT molecular complexity index is 893. The van der Waals surface area contributed by atoms with Crippen molar-refractivity contribution in [2.24, 2.45) is 0 Å². The molecule has 0 bridgehead atoms. The normalized spacial score (nSPS) is 11.3. The Morgan fingerprint density at radius 3 is 2.39 bits per heavy atom. The van der Waals surface area contributed by atoms with Crippen molar-refractivity contribution in [1.82, 2.24) is 0 Å². The molecule has 6 nitrogen and oxygen atoms in total. The molecule has 0 saturated carbocycles. The van der Waals surface area contributed by atoms with Crippen LogP contribution >= 0.6 is 0 Å². The monoisotopic (exact) mass is 404 g/mol. The summed E-state index contributed by atoms with van der Waals surface area (Å²) in [6.07, 6.45) is 1.91. The van der Waals surface area contributed by atoms with Crippen LogP contribution in [0.1, 0.15) is 32.3 Å². The summed E-state index contributed by atoms with van der Waals surface area (Å²) in [5, 5.41) is 2.82. The van der Waals surface area contributed by atoms with Gasteiger partial charge >= 0.3 is 0 Å². The Morgan fingerprint density at radius 1 is 1.14 bits per heavy atom. The molecule has 0 aliphatic heterocycles. The maximum Gasteiger partial charge on any atom is 0.232 e. The second kappa shape index (κ2) is 9.59. The largest absolute Gasteiger partial charge is 0.491 e. The van der Waals surface area contributed by atoms with Crippen LogP contribution in [-0.2, 0) is 14.8 Å². The van der Waals surface area contributed by atoms with E-state index in [1.165, 1.54) is 10.6 Å². The molecule has 1 amide bonds. The van der Waals surface area contributed by atoms with Crippen LogP contribution in [0.15, 0.2) is 48.5 Å². The first-order chi connectivity index (χ1) is 13.1. The van der Waals surface area contributed by atoms with Crippen LogP contribution < -0.4 is 14.4 Å². The number of carbonyl (C=O) groups excluding carboxylic acids is 1. The number of hydrogen-bond acceptors (Lipinski definition) is 4. The molecule has 0 aliphatic rings. The van der Waals surface area contributed by atoms with Gasteiger partial charge in [-0.05, 0) is 69.2 Å². The number of aryl methyl sites for hydroxylation is 1. The van der Waals surface area contributed by atoms with Gasteiger partial charge in [0.1, 0.15) is 5.75 Å². The molecule has 0 atom stereocenters. The molecule has 0 fully saturated rings. The highest BCUT2D eigenvalue weighted by atomic mass is 32.2. The van der Waals surface area contributed by atoms with Gasteiger partial charge in [-0.3, -0.25) is 9.10 Å². The first kappa shape index (κ1) is 21.8. The zero-order chi connectivity index (χ0) is 20.7. The van der Waals surface area contributed by atoms with E-state index in [9.17, 15) is 13.2 Å². The minimum absolute atomic E-state index is 0.0895. The van der Waals surface area contributed by atoms with Gasteiger partial charge in [-0.2, -0.15) is 0 Å². The molecular formula is C21H28N2O4S. The van der Waals surface area contributed by atoms with E-state index in [0.717, 1.165) is 11.3 Å². The number of ether oxygens (including phenoxy) is 1. The highest BCUT2D eigenvalue weighted by Crippen LogP contribution is 2.20. The lowest BCUT2D eigenvalue weighted by atomic mass is 10.2. The summed E-state index contributed by atoms with van der Waals surface area (Å²) in [5.41, 5.74) is 2.28. The van der Waals surface area contributed by atoms with Crippen molar-refractivity contribution in [3.63, 3.8) is 0 Å². The van der Waals surface area contributed by atoms with Crippen LogP contribution in [0, 0.1) is 6.92 Å². The third kappa shape index (κ3) is 6.88. The summed E-state index contributed by atoms with van der Waals surface area (Å²) >= 11 is 0. The highest BCUT2D eigenvalue weighted by Gasteiger charge is 2.17. The fourth-order valence-corrected chi connectivity index (χ4v) is 3.72. The van der Waals surface area contributed by atoms with E-state index < -0.39 is 10.0 Å². The van der Waals surface area contributed by atoms with E-state index >= 15 is 0 Å². The molecule has 2 aromatic carbocycles. The average molecular weight is 405 g/mol. The number of anilines is 2. The number of carbonyl (C=O) groups is 1. The predicted molar refractivity (Wildman–Crippen MR) is 113 cm³/mol. The molecule has 0 aliphatic carbocycles. The maximum atomic E-state index is 12.2. The molecule has 0 aromatic heterocycles. The van der Waals surface area contributed by atoms with Gasteiger partial charge in [0.15, 0.2) is 0 Å². The number of hydrogen-bond donors (Lipinski definition) is 1. The van der Waals surface area contributed by atoms with Crippen molar-refractivity contribution >= 4 is 27.3 Å². The standard InChI is InChI=1S/C21H28N2O4S/c1-16(2)27-20-12-10-18(11-13-20)22-21(24)9-6-14-23(28(4,25)26)19-8-5-7-17(3)15-19/h5,7-8,10-13,15-16H,6,9,14H2,1-4H3,(H,22,24). The summed E-state index contributed by atoms with van der Waals surface area (Å²) in [6.45, 7) is 6.06. The fourth-order valence-electron chi connectivity index (χ4n) is 2.77. The van der Waals surface area contributed by atoms with Crippen molar-refractivity contribution in [3.05, 3.63) is 54.1 Å². The summed E-state index contributed by atoms with van der Waals surface area (Å²) < 4.78 is 31.2. The van der Waals surface area contributed by atoms with Crippen LogP contribution in [0.2, 0.25) is 0 Å². The number of nitrogens with one attached hydrogen (secondary N) is 1. The van der Waals surface area contributed by atoms with E-state index in [0.29, 0.717) is 17.8 Å². The van der Waals surface area contributed by atoms with Crippen LogP contribution in [0.25, 0.3) is 0 Å². The van der Waals surface area contributed by atoms with E-state index in [-0.39, 0.29) is 25.0 Å². The van der Waals surface area contributed by atoms with E-state index in [4.69, 9.17) is 4.74 Å². The van der Waals surface area contributed by atoms with Gasteiger partial charge in [0, 0.05) is 18.7 Å². The highest BCUT2D eigenvalue weighted by molar-refractivity contribution is 7.92. The van der Waals surface area contributed by atoms with Gasteiger partial charge in [0.25, 0.3) is 0 Å². The Morgan fingerprint density at radius 2 is 1.82 bits per heavy atom. The molecule has 0 radical (unpaired) electrons. The van der Waals surface area contributed by atoms with Crippen molar-refractivity contribution in [2.45, 2.75) is 39.7 Å². The average Bonchev–Trinajstić information content (AvgIpc) is 2.59. The van der Waals surface area contributed by atoms with Crippen LogP contribution in [0.4, 0.5) is 11.4 Å². The van der Waals surface area contributed by atoms with E-state index in [1.807, 2.05) is 39.0 Å². The van der Waals surface area contributed by atoms with Gasteiger partial charge in [-0.1, -0.05) is 12.1 Å². The minimum Gasteiger partial charge on any atom is -0.491 e. The molecule has 152 valence electrons. The van der Waals surface area contributed by atoms with Gasteiger partial charge in [-0.15, -0.1) is 0 Å². The predicted octanol–water partition coefficient (Wildman–Crippen LogP) is 3.97. The van der Waals surface area contributed by atoms with Crippen molar-refractivity contribution in [2.75, 3.05) is 22.4 Å². The van der Waals surface area contributed by atoms with Gasteiger partial charge < -0.3 is 10.1 Å². The van der Waals surface area contributed by atoms with Gasteiger partial charge in [-0.25, -0.2) is 8.42 Å². The molecule has 2 aromatic rings. The summed E-state index contributed by atoms with van der Waals surface area (Å²) in [6, 6.07) is 14.5. The van der Waals surface area contributed by atoms with Crippen molar-refractivity contribution in [1.29, 1.82) is 0 Å². The number of amides is 1. The summed E-state index contributed by atoms with van der Waals surface area (Å²) in [4.78, 5) is 12.2. The second-order valence-electron chi connectivity index (χ2n) is 7.02. The number of rotatable bonds is 9. The van der Waals surface area contributed by atoms with E-state index in [1.54, 1.807) is 30.3 Å². The third-order valence-corrected chi connectivity index (χ3v) is 5.16. The summed E-state index contributed by atoms with van der Waals surface area (Å²) in [5.74, 6) is 0.588. The molecule has 0 spiro atoms. The Hall–Kier alpha value is -2.54. The smallest absolute Gasteiger partial charge is 0.232 e. The first-order valence-electron chi connectivity index (χ1n) is 9.26. The lowest BCUT2D eigenvalue weighted by molar-refractivity contribution is -0.116. The van der Waals surface area contributed by atoms with Crippen molar-refractivity contribution in [3.8, 4) is 5.75 Å². The Balaban J connectivity index is 1.90. The maximum absolute atomic E-state index is 12.2. The SMILES string of the molecule is Cc1cccc(N(CCCC(=O)Nc2ccc(OC(C)C)cc2)S(C)(=O)=O)c1. The minimum atomic E-state index is -3.42. The molecule has 2 rings (SSSR count). The zero-order valence-electron chi connectivity index (χ0n) is 16.8. The number of benzene rings is 2. The molecule has 1 N–H and O–H groups in total.